The maximum absolute atomic E-state index is 13.1. The number of nitrogens with zero attached hydrogens (tertiary/aromatic N) is 4. The number of aliphatic hydroxyl groups is 4. The Labute approximate surface area is 753 Å². The van der Waals surface area contributed by atoms with Crippen LogP contribution in [-0.2, 0) is 73.5 Å². The number of nitro benzene ring substituents is 4. The van der Waals surface area contributed by atoms with Crippen LogP contribution in [0.1, 0.15) is 112 Å². The van der Waals surface area contributed by atoms with Gasteiger partial charge in [0.1, 0.15) is 33.5 Å². The summed E-state index contributed by atoms with van der Waals surface area (Å²) in [5, 5.41) is 93.4. The normalized spacial score (nSPS) is 16.2. The number of aliphatic hydroxyl groups excluding tert-OH is 1. The third-order valence-electron chi connectivity index (χ3n) is 17.9. The summed E-state index contributed by atoms with van der Waals surface area (Å²) in [6.45, 7) is 11.5. The quantitative estimate of drug-likeness (QED) is 0.00877. The molecule has 0 radical (unpaired) electrons. The van der Waals surface area contributed by atoms with Crippen molar-refractivity contribution in [2.45, 2.75) is 121 Å². The summed E-state index contributed by atoms with van der Waals surface area (Å²) in [6, 6.07) is 38.3. The number of hydrogen-bond donors (Lipinski definition) is 8. The number of alkyl halides is 12. The van der Waals surface area contributed by atoms with Gasteiger partial charge in [0.2, 0.25) is 0 Å². The zero-order chi connectivity index (χ0) is 92.4. The molecule has 2 fully saturated rings. The molecule has 0 aliphatic heterocycles. The van der Waals surface area contributed by atoms with Crippen molar-refractivity contribution in [1.82, 2.24) is 0 Å². The molecule has 42 heteroatoms. The predicted octanol–water partition coefficient (Wildman–Crippen LogP) is 21.3. The molecule has 121 heavy (non-hydrogen) atoms. The third kappa shape index (κ3) is 32.2. The number of rotatable bonds is 20. The molecule has 0 bridgehead atoms. The van der Waals surface area contributed by atoms with E-state index in [4.69, 9.17) is 0 Å². The van der Waals surface area contributed by atoms with Crippen LogP contribution in [-0.4, -0.2) is 86.7 Å². The molecule has 0 saturated heterocycles. The van der Waals surface area contributed by atoms with E-state index in [-0.39, 0.29) is 46.4 Å². The standard InChI is InChI=1S/2C20H19F3N2O4.C19H17F3N2O4.C18H15F3N2O4.2CH2I.2HI.2Zn/c2*1-11-3-5-12(6-4-11)14-10-15(14)19(2,27)18(26)24-13-7-8-17(25(28)29)16(9-13)20(21,22)23;1-12-3-5-13(6-4-12)9-10-18(2,26)17(25)23-14-7-8-16(24(27)28)15(11-14)19(20,21)22;1-11-2-4-12(5-3-11)6-9-16(24)17(25)22-13-7-8-15(23(26)27)14(10-13)18(19,20)21;2*1-2;;;;/h2*3-9,14-15,27H,10H2,1-2H3,(H,24,26);3-11,26H,1-2H3,(H,23,25);2-10,16,24H,1H3,(H,22,25);2*1H2;2*1H;;/q;;;;2*-1;;;2*+2/p-2/b;;10-9-;9-6+;;;;;;/t2*14?,15?,19-;18-;16-;;;;;;/m0000....../s1. The Morgan fingerprint density at radius 1 is 0.413 bits per heavy atom. The zero-order valence-corrected chi connectivity index (χ0v) is 79.2. The molecule has 8 N–H and O–H groups in total. The molecule has 10 rings (SSSR count). The molecule has 8 aromatic carbocycles. The Hall–Kier alpha value is -8.11. The first kappa shape index (κ1) is 107. The first-order valence-electron chi connectivity index (χ1n) is 34.5. The molecule has 0 spiro atoms. The summed E-state index contributed by atoms with van der Waals surface area (Å²) in [7, 11) is 0. The van der Waals surface area contributed by atoms with Crippen LogP contribution in [0.15, 0.2) is 182 Å². The monoisotopic (exact) mass is 2250 g/mol. The van der Waals surface area contributed by atoms with Crippen LogP contribution in [0, 0.1) is 89.8 Å². The van der Waals surface area contributed by atoms with Gasteiger partial charge in [-0.25, -0.2) is 0 Å². The predicted molar refractivity (Wildman–Crippen MR) is 456 cm³/mol. The van der Waals surface area contributed by atoms with Gasteiger partial charge in [0.25, 0.3) is 46.4 Å². The molecule has 4 amide bonds. The fourth-order valence-electron chi connectivity index (χ4n) is 11.3. The van der Waals surface area contributed by atoms with Gasteiger partial charge in [-0.1, -0.05) is 131 Å². The number of aryl methyl sites for hydroxylation is 4. The first-order valence-corrected chi connectivity index (χ1v) is 55.7. The number of hydrogen-bond acceptors (Lipinski definition) is 16. The van der Waals surface area contributed by atoms with E-state index >= 15 is 0 Å². The number of benzene rings is 8. The topological polar surface area (TPSA) is 370 Å². The van der Waals surface area contributed by atoms with Gasteiger partial charge in [-0.15, -0.1) is 0 Å². The van der Waals surface area contributed by atoms with Crippen molar-refractivity contribution in [3.8, 4) is 0 Å². The number of halogens is 16. The molecular formula is C79H74F12I4N8O16Zn2. The third-order valence-corrected chi connectivity index (χ3v) is 17.9. The van der Waals surface area contributed by atoms with Crippen molar-refractivity contribution in [3.05, 3.63) is 299 Å². The SMILES string of the molecule is Cc1ccc(/C=C/[C@H](O)C(=O)Nc2ccc([N+](=O)[O-])c(C(F)(F)F)c2)cc1.Cc1ccc(/C=C\[C@](C)(O)C(=O)Nc2ccc([N+](=O)[O-])c(C(F)(F)F)c2)cc1.Cc1ccc(C2CC2[C@](C)(O)C(=O)Nc2ccc([N+](=O)[O-])c(C(F)(F)F)c2)cc1.Cc1ccc(C2CC2[C@](C)(O)C(=O)Nc2ccc([N+](=O)[O-])c(C(F)(F)F)c2)cc1.[CH2-]I.[CH2-]I.[Zn+][I].[Zn+][I]. The number of nitrogens with one attached hydrogen (secondary N) is 4. The molecular weight excluding hydrogens is 2180 g/mol. The summed E-state index contributed by atoms with van der Waals surface area (Å²) in [4.78, 5) is 94.3. The van der Waals surface area contributed by atoms with Crippen molar-refractivity contribution >= 4 is 166 Å². The fourth-order valence-corrected chi connectivity index (χ4v) is 11.3. The van der Waals surface area contributed by atoms with E-state index in [0.29, 0.717) is 66.9 Å². The summed E-state index contributed by atoms with van der Waals surface area (Å²) in [6.07, 6.45) is -15.0. The second-order valence-electron chi connectivity index (χ2n) is 26.9. The van der Waals surface area contributed by atoms with Crippen LogP contribution >= 0.6 is 84.7 Å². The van der Waals surface area contributed by atoms with Crippen molar-refractivity contribution in [2.24, 2.45) is 11.8 Å². The summed E-state index contributed by atoms with van der Waals surface area (Å²) < 4.78 is 156. The molecule has 8 aromatic rings. The molecule has 2 saturated carbocycles. The summed E-state index contributed by atoms with van der Waals surface area (Å²) >= 11 is 11.0. The van der Waals surface area contributed by atoms with Crippen LogP contribution in [0.25, 0.3) is 12.2 Å². The Morgan fingerprint density at radius 2 is 0.653 bits per heavy atom. The van der Waals surface area contributed by atoms with Crippen LogP contribution in [0.5, 0.6) is 0 Å². The Balaban J connectivity index is 0.000000405. The first-order chi connectivity index (χ1) is 56.3. The van der Waals surface area contributed by atoms with Crippen LogP contribution < -0.4 is 21.3 Å². The molecule has 0 heterocycles. The van der Waals surface area contributed by atoms with E-state index in [9.17, 15) is 133 Å². The van der Waals surface area contributed by atoms with Gasteiger partial charge in [0.15, 0.2) is 11.7 Å². The van der Waals surface area contributed by atoms with Crippen molar-refractivity contribution in [3.63, 3.8) is 0 Å². The zero-order valence-electron chi connectivity index (χ0n) is 64.6. The molecule has 4 unspecified atom stereocenters. The number of carbonyl (C=O) groups excluding carboxylic acids is 4. The fraction of sp³-hybridized carbons (Fsp3) is 0.266. The Morgan fingerprint density at radius 3 is 0.909 bits per heavy atom. The number of amides is 4. The molecule has 8 atom stereocenters. The van der Waals surface area contributed by atoms with E-state index in [1.807, 2.05) is 146 Å². The maximum atomic E-state index is 13.1. The second-order valence-corrected chi connectivity index (χ2v) is 26.9. The minimum absolute atomic E-state index is 0.0288. The summed E-state index contributed by atoms with van der Waals surface area (Å²) in [5.41, 5.74) is -9.63. The minimum atomic E-state index is -4.98. The van der Waals surface area contributed by atoms with Crippen LogP contribution in [0.2, 0.25) is 0 Å². The van der Waals surface area contributed by atoms with E-state index in [1.165, 1.54) is 74.7 Å². The molecule has 0 aromatic heterocycles. The molecule has 24 nitrogen and oxygen atoms in total. The summed E-state index contributed by atoms with van der Waals surface area (Å²) in [5.74, 6) is -4.51. The van der Waals surface area contributed by atoms with Crippen molar-refractivity contribution in [1.29, 1.82) is 0 Å². The van der Waals surface area contributed by atoms with Crippen molar-refractivity contribution < 1.29 is 142 Å². The van der Waals surface area contributed by atoms with Gasteiger partial charge in [0, 0.05) is 58.9 Å². The van der Waals surface area contributed by atoms with Gasteiger partial charge in [-0.3, -0.25) is 69.5 Å². The van der Waals surface area contributed by atoms with Gasteiger partial charge < -0.3 is 86.9 Å². The molecule has 2 aliphatic rings. The molecule has 642 valence electrons. The average Bonchev–Trinajstić information content (AvgIpc) is 1.61. The second kappa shape index (κ2) is 47.1. The average molecular weight is 2260 g/mol. The van der Waals surface area contributed by atoms with Gasteiger partial charge in [-0.2, -0.15) is 52.7 Å². The van der Waals surface area contributed by atoms with Gasteiger partial charge in [-0.05, 0) is 156 Å². The molecule has 2 aliphatic carbocycles. The van der Waals surface area contributed by atoms with Crippen molar-refractivity contribution in [2.75, 3.05) is 21.3 Å². The number of anilines is 4. The Kier molecular flexibility index (Phi) is 41.7. The number of nitro groups is 4. The van der Waals surface area contributed by atoms with Crippen LogP contribution in [0.3, 0.4) is 0 Å². The van der Waals surface area contributed by atoms with E-state index in [0.717, 1.165) is 63.2 Å². The number of carbonyl (C=O) groups is 4. The van der Waals surface area contributed by atoms with Gasteiger partial charge >= 0.3 is 93.8 Å². The van der Waals surface area contributed by atoms with E-state index in [2.05, 4.69) is 70.6 Å². The van der Waals surface area contributed by atoms with E-state index in [1.54, 1.807) is 24.3 Å². The Bertz CT molecular complexity index is 4820. The van der Waals surface area contributed by atoms with Gasteiger partial charge in [0.05, 0.1) is 19.7 Å². The van der Waals surface area contributed by atoms with E-state index < -0.39 is 136 Å². The van der Waals surface area contributed by atoms with Crippen LogP contribution in [0.4, 0.5) is 98.2 Å².